The van der Waals surface area contributed by atoms with E-state index in [1.165, 1.54) is 5.56 Å². The van der Waals surface area contributed by atoms with Crippen LogP contribution in [-0.4, -0.2) is 35.5 Å². The van der Waals surface area contributed by atoms with Gasteiger partial charge in [-0.1, -0.05) is 24.3 Å². The third kappa shape index (κ3) is 1.80. The van der Waals surface area contributed by atoms with Gasteiger partial charge in [0.1, 0.15) is 0 Å². The number of nitrogens with zero attached hydrogens (tertiary/aromatic N) is 1. The Morgan fingerprint density at radius 2 is 1.86 bits per heavy atom. The lowest BCUT2D eigenvalue weighted by atomic mass is 9.83. The summed E-state index contributed by atoms with van der Waals surface area (Å²) in [5.41, 5.74) is 1.80. The van der Waals surface area contributed by atoms with Crippen molar-refractivity contribution in [1.29, 1.82) is 0 Å². The molecule has 2 fully saturated rings. The molecule has 0 radical (unpaired) electrons. The van der Waals surface area contributed by atoms with E-state index in [1.807, 2.05) is 18.2 Å². The third-order valence-corrected chi connectivity index (χ3v) is 4.96. The van der Waals surface area contributed by atoms with Crippen molar-refractivity contribution in [2.75, 3.05) is 13.2 Å². The van der Waals surface area contributed by atoms with Gasteiger partial charge in [-0.15, -0.1) is 0 Å². The van der Waals surface area contributed by atoms with Crippen molar-refractivity contribution in [3.8, 4) is 0 Å². The summed E-state index contributed by atoms with van der Waals surface area (Å²) in [6, 6.07) is 7.93. The summed E-state index contributed by atoms with van der Waals surface area (Å²) in [7, 11) is 0. The second kappa shape index (κ2) is 4.56. The monoisotopic (exact) mass is 287 g/mol. The highest BCUT2D eigenvalue weighted by Gasteiger charge is 2.54. The number of aryl methyl sites for hydroxylation is 1. The standard InChI is InChI=1S/C16H17NO4/c18-13-15(19)21-14-12-4-2-1-3-11(12)5-6-16(17(13)14)7-9-20-10-8-16/h1-4,14H,5-10H2. The Morgan fingerprint density at radius 3 is 2.67 bits per heavy atom. The molecule has 0 aliphatic carbocycles. The zero-order valence-corrected chi connectivity index (χ0v) is 11.7. The van der Waals surface area contributed by atoms with Crippen LogP contribution in [0.1, 0.15) is 36.6 Å². The van der Waals surface area contributed by atoms with Gasteiger partial charge in [-0.05, 0) is 31.2 Å². The van der Waals surface area contributed by atoms with E-state index in [1.54, 1.807) is 4.90 Å². The first-order chi connectivity index (χ1) is 10.2. The van der Waals surface area contributed by atoms with Gasteiger partial charge in [0.25, 0.3) is 0 Å². The Labute approximate surface area is 122 Å². The predicted molar refractivity (Wildman–Crippen MR) is 73.2 cm³/mol. The first kappa shape index (κ1) is 12.8. The van der Waals surface area contributed by atoms with Crippen molar-refractivity contribution in [1.82, 2.24) is 4.90 Å². The molecule has 3 aliphatic rings. The molecule has 3 heterocycles. The van der Waals surface area contributed by atoms with Crippen molar-refractivity contribution in [2.24, 2.45) is 0 Å². The molecule has 5 heteroatoms. The van der Waals surface area contributed by atoms with Crippen molar-refractivity contribution >= 4 is 11.9 Å². The number of hydrogen-bond donors (Lipinski definition) is 0. The molecule has 5 nitrogen and oxygen atoms in total. The minimum Gasteiger partial charge on any atom is -0.430 e. The molecule has 0 saturated carbocycles. The summed E-state index contributed by atoms with van der Waals surface area (Å²) < 4.78 is 10.9. The Bertz CT molecular complexity index is 606. The molecule has 1 aromatic rings. The summed E-state index contributed by atoms with van der Waals surface area (Å²) in [6.07, 6.45) is 2.71. The van der Waals surface area contributed by atoms with Crippen molar-refractivity contribution in [3.05, 3.63) is 35.4 Å². The SMILES string of the molecule is O=C1OC2c3ccccc3CCC3(CCOCC3)N2C1=O. The van der Waals surface area contributed by atoms with Gasteiger partial charge in [-0.25, -0.2) is 4.79 Å². The summed E-state index contributed by atoms with van der Waals surface area (Å²) in [4.78, 5) is 25.9. The lowest BCUT2D eigenvalue weighted by Gasteiger charge is -2.44. The van der Waals surface area contributed by atoms with Gasteiger partial charge in [0.2, 0.25) is 6.23 Å². The van der Waals surface area contributed by atoms with E-state index in [0.29, 0.717) is 13.2 Å². The zero-order valence-electron chi connectivity index (χ0n) is 11.7. The van der Waals surface area contributed by atoms with Crippen LogP contribution in [0.4, 0.5) is 0 Å². The van der Waals surface area contributed by atoms with E-state index >= 15 is 0 Å². The molecule has 1 unspecified atom stereocenters. The molecule has 110 valence electrons. The van der Waals surface area contributed by atoms with Crippen LogP contribution < -0.4 is 0 Å². The van der Waals surface area contributed by atoms with Crippen LogP contribution in [0.5, 0.6) is 0 Å². The topological polar surface area (TPSA) is 55.8 Å². The number of carbonyl (C=O) groups is 2. The van der Waals surface area contributed by atoms with Crippen molar-refractivity contribution < 1.29 is 19.1 Å². The highest BCUT2D eigenvalue weighted by molar-refractivity contribution is 6.34. The molecule has 2 saturated heterocycles. The number of esters is 1. The Balaban J connectivity index is 1.84. The molecule has 0 aromatic heterocycles. The van der Waals surface area contributed by atoms with Gasteiger partial charge in [-0.3, -0.25) is 9.69 Å². The molecular weight excluding hydrogens is 270 g/mol. The molecule has 1 amide bonds. The van der Waals surface area contributed by atoms with Crippen LogP contribution >= 0.6 is 0 Å². The Morgan fingerprint density at radius 1 is 1.10 bits per heavy atom. The summed E-state index contributed by atoms with van der Waals surface area (Å²) in [5, 5.41) is 0. The molecule has 1 aromatic carbocycles. The third-order valence-electron chi connectivity index (χ3n) is 4.96. The van der Waals surface area contributed by atoms with Crippen LogP contribution in [0, 0.1) is 0 Å². The minimum absolute atomic E-state index is 0.314. The largest absolute Gasteiger partial charge is 0.430 e. The Hall–Kier alpha value is -1.88. The maximum atomic E-state index is 12.4. The number of ether oxygens (including phenoxy) is 2. The van der Waals surface area contributed by atoms with Gasteiger partial charge in [0, 0.05) is 18.8 Å². The summed E-state index contributed by atoms with van der Waals surface area (Å²) in [6.45, 7) is 1.25. The minimum atomic E-state index is -0.734. The van der Waals surface area contributed by atoms with E-state index in [9.17, 15) is 9.59 Å². The molecular formula is C16H17NO4. The maximum absolute atomic E-state index is 12.4. The lowest BCUT2D eigenvalue weighted by molar-refractivity contribution is -0.150. The number of hydrogen-bond acceptors (Lipinski definition) is 4. The average Bonchev–Trinajstić information content (AvgIpc) is 2.75. The van der Waals surface area contributed by atoms with Crippen LogP contribution in [0.3, 0.4) is 0 Å². The molecule has 21 heavy (non-hydrogen) atoms. The number of benzene rings is 1. The van der Waals surface area contributed by atoms with Crippen molar-refractivity contribution in [2.45, 2.75) is 37.5 Å². The second-order valence-corrected chi connectivity index (χ2v) is 5.97. The van der Waals surface area contributed by atoms with Crippen molar-refractivity contribution in [3.63, 3.8) is 0 Å². The highest BCUT2D eigenvalue weighted by Crippen LogP contribution is 2.45. The van der Waals surface area contributed by atoms with E-state index < -0.39 is 18.1 Å². The Kier molecular flexibility index (Phi) is 2.79. The van der Waals surface area contributed by atoms with E-state index in [4.69, 9.17) is 9.47 Å². The van der Waals surface area contributed by atoms with Crippen LogP contribution in [-0.2, 0) is 25.5 Å². The second-order valence-electron chi connectivity index (χ2n) is 5.97. The van der Waals surface area contributed by atoms with Crippen LogP contribution in [0.2, 0.25) is 0 Å². The molecule has 1 atom stereocenters. The fraction of sp³-hybridized carbons (Fsp3) is 0.500. The summed E-state index contributed by atoms with van der Waals surface area (Å²) in [5.74, 6) is -1.24. The fourth-order valence-corrected chi connectivity index (χ4v) is 3.81. The van der Waals surface area contributed by atoms with E-state index in [0.717, 1.165) is 31.2 Å². The lowest BCUT2D eigenvalue weighted by Crippen LogP contribution is -2.53. The van der Waals surface area contributed by atoms with Gasteiger partial charge in [-0.2, -0.15) is 0 Å². The first-order valence-electron chi connectivity index (χ1n) is 7.41. The molecule has 1 spiro atoms. The maximum Gasteiger partial charge on any atom is 0.399 e. The zero-order chi connectivity index (χ0) is 14.4. The van der Waals surface area contributed by atoms with Crippen LogP contribution in [0.25, 0.3) is 0 Å². The van der Waals surface area contributed by atoms with Gasteiger partial charge in [0.15, 0.2) is 0 Å². The smallest absolute Gasteiger partial charge is 0.399 e. The van der Waals surface area contributed by atoms with Gasteiger partial charge < -0.3 is 9.47 Å². The quantitative estimate of drug-likeness (QED) is 0.537. The summed E-state index contributed by atoms with van der Waals surface area (Å²) >= 11 is 0. The first-order valence-corrected chi connectivity index (χ1v) is 7.41. The normalized spacial score (nSPS) is 27.0. The fourth-order valence-electron chi connectivity index (χ4n) is 3.81. The number of fused-ring (bicyclic) bond motifs is 4. The molecule has 4 rings (SSSR count). The highest BCUT2D eigenvalue weighted by atomic mass is 16.6. The van der Waals surface area contributed by atoms with Gasteiger partial charge >= 0.3 is 11.9 Å². The number of carbonyl (C=O) groups excluding carboxylic acids is 2. The molecule has 0 N–H and O–H groups in total. The number of rotatable bonds is 0. The molecule has 3 aliphatic heterocycles. The van der Waals surface area contributed by atoms with Gasteiger partial charge in [0.05, 0.1) is 5.54 Å². The average molecular weight is 287 g/mol. The van der Waals surface area contributed by atoms with E-state index in [-0.39, 0.29) is 5.54 Å². The number of amides is 1. The van der Waals surface area contributed by atoms with Crippen LogP contribution in [0.15, 0.2) is 24.3 Å². The molecule has 0 bridgehead atoms. The van der Waals surface area contributed by atoms with E-state index in [2.05, 4.69) is 6.07 Å². The predicted octanol–water partition coefficient (Wildman–Crippen LogP) is 1.57.